The summed E-state index contributed by atoms with van der Waals surface area (Å²) in [6.45, 7) is 4.84. The number of hydroxylamine groups is 1. The summed E-state index contributed by atoms with van der Waals surface area (Å²) in [6.07, 6.45) is 0.143. The van der Waals surface area contributed by atoms with Crippen LogP contribution in [0.1, 0.15) is 13.8 Å². The van der Waals surface area contributed by atoms with Gasteiger partial charge in [-0.15, -0.1) is 0 Å². The molecule has 0 aliphatic rings. The Labute approximate surface area is 56.9 Å². The Kier molecular flexibility index (Phi) is 4.67. The van der Waals surface area contributed by atoms with Crippen LogP contribution < -0.4 is 5.48 Å². The molecule has 3 heteroatoms. The van der Waals surface area contributed by atoms with E-state index in [1.54, 1.807) is 0 Å². The van der Waals surface area contributed by atoms with Crippen molar-refractivity contribution in [1.29, 1.82) is 0 Å². The fraction of sp³-hybridized carbons (Fsp3) is 1.00. The molecule has 1 N–H and O–H groups in total. The van der Waals surface area contributed by atoms with E-state index in [2.05, 4.69) is 5.48 Å². The van der Waals surface area contributed by atoms with Gasteiger partial charge in [-0.1, -0.05) is 6.92 Å². The third-order valence-electron chi connectivity index (χ3n) is 1.13. The van der Waals surface area contributed by atoms with E-state index in [0.29, 0.717) is 0 Å². The van der Waals surface area contributed by atoms with Crippen LogP contribution in [0.4, 0.5) is 0 Å². The van der Waals surface area contributed by atoms with Crippen molar-refractivity contribution in [3.05, 3.63) is 0 Å². The van der Waals surface area contributed by atoms with Gasteiger partial charge in [-0.2, -0.15) is 0 Å². The topological polar surface area (TPSA) is 24.5 Å². The molecule has 0 aliphatic carbocycles. The van der Waals surface area contributed by atoms with Crippen molar-refractivity contribution < 1.29 is 4.84 Å². The number of hydrogen-bond donors (Lipinski definition) is 1. The second-order valence-corrected chi connectivity index (χ2v) is 2.18. The molecular formula is C6H16N2O. The van der Waals surface area contributed by atoms with Crippen LogP contribution in [-0.4, -0.2) is 31.8 Å². The Morgan fingerprint density at radius 3 is 2.44 bits per heavy atom. The van der Waals surface area contributed by atoms with E-state index < -0.39 is 0 Å². The zero-order valence-electron chi connectivity index (χ0n) is 6.64. The maximum atomic E-state index is 5.13. The lowest BCUT2D eigenvalue weighted by molar-refractivity contribution is -0.0802. The second-order valence-electron chi connectivity index (χ2n) is 2.18. The highest BCUT2D eigenvalue weighted by atomic mass is 16.7. The first-order valence-corrected chi connectivity index (χ1v) is 3.23. The lowest BCUT2D eigenvalue weighted by atomic mass is 10.6. The van der Waals surface area contributed by atoms with Crippen molar-refractivity contribution in [3.63, 3.8) is 0 Å². The molecule has 56 valence electrons. The SMILES string of the molecule is CCNOC(C)N(C)C. The van der Waals surface area contributed by atoms with E-state index in [1.807, 2.05) is 32.8 Å². The minimum Gasteiger partial charge on any atom is -0.283 e. The maximum absolute atomic E-state index is 5.13. The summed E-state index contributed by atoms with van der Waals surface area (Å²) in [5.74, 6) is 0. The van der Waals surface area contributed by atoms with Gasteiger partial charge in [-0.25, -0.2) is 5.48 Å². The summed E-state index contributed by atoms with van der Waals surface area (Å²) in [5, 5.41) is 0. The summed E-state index contributed by atoms with van der Waals surface area (Å²) in [5.41, 5.74) is 2.79. The highest BCUT2D eigenvalue weighted by Crippen LogP contribution is 1.88. The third-order valence-corrected chi connectivity index (χ3v) is 1.13. The summed E-state index contributed by atoms with van der Waals surface area (Å²) < 4.78 is 0. The quantitative estimate of drug-likeness (QED) is 0.443. The minimum atomic E-state index is 0.143. The molecule has 0 aromatic rings. The zero-order chi connectivity index (χ0) is 7.28. The molecule has 1 unspecified atom stereocenters. The number of hydrogen-bond acceptors (Lipinski definition) is 3. The summed E-state index contributed by atoms with van der Waals surface area (Å²) >= 11 is 0. The molecule has 0 spiro atoms. The summed E-state index contributed by atoms with van der Waals surface area (Å²) in [6, 6.07) is 0. The molecule has 0 saturated carbocycles. The molecule has 0 amide bonds. The van der Waals surface area contributed by atoms with Gasteiger partial charge in [0.15, 0.2) is 0 Å². The first kappa shape index (κ1) is 8.88. The predicted molar refractivity (Wildman–Crippen MR) is 37.9 cm³/mol. The first-order valence-electron chi connectivity index (χ1n) is 3.23. The monoisotopic (exact) mass is 132 g/mol. The van der Waals surface area contributed by atoms with E-state index in [-0.39, 0.29) is 6.23 Å². The van der Waals surface area contributed by atoms with Gasteiger partial charge in [0, 0.05) is 6.54 Å². The Bertz CT molecular complexity index is 66.1. The maximum Gasteiger partial charge on any atom is 0.128 e. The van der Waals surface area contributed by atoms with Gasteiger partial charge in [-0.05, 0) is 21.0 Å². The average Bonchev–Trinajstić information content (AvgIpc) is 1.82. The van der Waals surface area contributed by atoms with Crippen molar-refractivity contribution in [3.8, 4) is 0 Å². The molecule has 0 bridgehead atoms. The predicted octanol–water partition coefficient (Wildman–Crippen LogP) is 0.435. The summed E-state index contributed by atoms with van der Waals surface area (Å²) in [4.78, 5) is 7.12. The molecule has 0 heterocycles. The lowest BCUT2D eigenvalue weighted by Gasteiger charge is -2.19. The Hall–Kier alpha value is -0.120. The van der Waals surface area contributed by atoms with Crippen LogP contribution in [0.25, 0.3) is 0 Å². The molecule has 0 fully saturated rings. The normalized spacial score (nSPS) is 14.3. The largest absolute Gasteiger partial charge is 0.283 e. The van der Waals surface area contributed by atoms with E-state index in [4.69, 9.17) is 4.84 Å². The highest BCUT2D eigenvalue weighted by Gasteiger charge is 2.01. The van der Waals surface area contributed by atoms with E-state index in [9.17, 15) is 0 Å². The zero-order valence-corrected chi connectivity index (χ0v) is 6.64. The van der Waals surface area contributed by atoms with Crippen molar-refractivity contribution in [2.75, 3.05) is 20.6 Å². The minimum absolute atomic E-state index is 0.143. The lowest BCUT2D eigenvalue weighted by Crippen LogP contribution is -2.32. The van der Waals surface area contributed by atoms with E-state index >= 15 is 0 Å². The molecule has 0 aromatic carbocycles. The fourth-order valence-electron chi connectivity index (χ4n) is 0.309. The Balaban J connectivity index is 3.16. The van der Waals surface area contributed by atoms with Gasteiger partial charge in [0.05, 0.1) is 0 Å². The highest BCUT2D eigenvalue weighted by molar-refractivity contribution is 4.40. The van der Waals surface area contributed by atoms with E-state index in [0.717, 1.165) is 6.54 Å². The van der Waals surface area contributed by atoms with Crippen molar-refractivity contribution in [2.45, 2.75) is 20.1 Å². The van der Waals surface area contributed by atoms with Gasteiger partial charge in [0.1, 0.15) is 6.23 Å². The van der Waals surface area contributed by atoms with Gasteiger partial charge in [-0.3, -0.25) is 9.74 Å². The van der Waals surface area contributed by atoms with E-state index in [1.165, 1.54) is 0 Å². The molecule has 9 heavy (non-hydrogen) atoms. The van der Waals surface area contributed by atoms with Crippen molar-refractivity contribution in [1.82, 2.24) is 10.4 Å². The van der Waals surface area contributed by atoms with Crippen LogP contribution in [0.2, 0.25) is 0 Å². The smallest absolute Gasteiger partial charge is 0.128 e. The van der Waals surface area contributed by atoms with Gasteiger partial charge >= 0.3 is 0 Å². The van der Waals surface area contributed by atoms with Crippen LogP contribution in [-0.2, 0) is 4.84 Å². The number of nitrogens with zero attached hydrogens (tertiary/aromatic N) is 1. The molecule has 0 aromatic heterocycles. The third kappa shape index (κ3) is 4.39. The number of rotatable bonds is 4. The van der Waals surface area contributed by atoms with Crippen LogP contribution in [0.5, 0.6) is 0 Å². The standard InChI is InChI=1S/C6H16N2O/c1-5-7-9-6(2)8(3)4/h6-7H,5H2,1-4H3. The number of nitrogens with one attached hydrogen (secondary N) is 1. The van der Waals surface area contributed by atoms with Crippen LogP contribution in [0.15, 0.2) is 0 Å². The molecule has 0 saturated heterocycles. The fourth-order valence-corrected chi connectivity index (χ4v) is 0.309. The molecule has 3 nitrogen and oxygen atoms in total. The van der Waals surface area contributed by atoms with Crippen LogP contribution in [0.3, 0.4) is 0 Å². The Morgan fingerprint density at radius 2 is 2.11 bits per heavy atom. The van der Waals surface area contributed by atoms with Crippen LogP contribution >= 0.6 is 0 Å². The van der Waals surface area contributed by atoms with Gasteiger partial charge in [0.25, 0.3) is 0 Å². The Morgan fingerprint density at radius 1 is 1.56 bits per heavy atom. The summed E-state index contributed by atoms with van der Waals surface area (Å²) in [7, 11) is 3.95. The molecule has 0 rings (SSSR count). The molecule has 0 radical (unpaired) electrons. The average molecular weight is 132 g/mol. The first-order chi connectivity index (χ1) is 4.18. The molecule has 1 atom stereocenters. The molecular weight excluding hydrogens is 116 g/mol. The van der Waals surface area contributed by atoms with Crippen LogP contribution in [0, 0.1) is 0 Å². The van der Waals surface area contributed by atoms with Crippen molar-refractivity contribution in [2.24, 2.45) is 0 Å². The van der Waals surface area contributed by atoms with Gasteiger partial charge in [0.2, 0.25) is 0 Å². The second kappa shape index (κ2) is 4.73. The van der Waals surface area contributed by atoms with Crippen molar-refractivity contribution >= 4 is 0 Å². The van der Waals surface area contributed by atoms with Gasteiger partial charge < -0.3 is 0 Å². The molecule has 0 aliphatic heterocycles.